The second-order valence-electron chi connectivity index (χ2n) is 3.66. The molecule has 1 aromatic heterocycles. The minimum Gasteiger partial charge on any atom is -0.307 e. The van der Waals surface area contributed by atoms with E-state index in [0.29, 0.717) is 13.1 Å². The number of pyridine rings is 1. The van der Waals surface area contributed by atoms with Gasteiger partial charge in [0.05, 0.1) is 5.02 Å². The highest BCUT2D eigenvalue weighted by molar-refractivity contribution is 7.99. The first kappa shape index (κ1) is 13.9. The van der Waals surface area contributed by atoms with Gasteiger partial charge in [-0.2, -0.15) is 16.1 Å². The normalized spacial score (nSPS) is 17.7. The SMILES string of the molecule is NNc1ncc(S(=O)(=O)N2CCSCC2)cc1Cl. The fourth-order valence-electron chi connectivity index (χ4n) is 1.60. The van der Waals surface area contributed by atoms with E-state index in [-0.39, 0.29) is 15.7 Å². The molecular formula is C9H13ClN4O2S2. The molecule has 3 N–H and O–H groups in total. The Morgan fingerprint density at radius 1 is 1.44 bits per heavy atom. The summed E-state index contributed by atoms with van der Waals surface area (Å²) in [5.41, 5.74) is 2.30. The van der Waals surface area contributed by atoms with Crippen molar-refractivity contribution in [3.8, 4) is 0 Å². The van der Waals surface area contributed by atoms with Gasteiger partial charge in [-0.3, -0.25) is 0 Å². The minimum absolute atomic E-state index is 0.0957. The number of hydrogen-bond donors (Lipinski definition) is 2. The van der Waals surface area contributed by atoms with Crippen LogP contribution in [0.2, 0.25) is 5.02 Å². The molecule has 0 aromatic carbocycles. The van der Waals surface area contributed by atoms with Crippen molar-refractivity contribution in [2.45, 2.75) is 4.90 Å². The lowest BCUT2D eigenvalue weighted by atomic mass is 10.5. The van der Waals surface area contributed by atoms with E-state index in [1.165, 1.54) is 16.6 Å². The van der Waals surface area contributed by atoms with E-state index in [1.54, 1.807) is 11.8 Å². The molecule has 0 bridgehead atoms. The molecule has 0 spiro atoms. The van der Waals surface area contributed by atoms with Gasteiger partial charge in [0.15, 0.2) is 5.82 Å². The van der Waals surface area contributed by atoms with Gasteiger partial charge in [-0.15, -0.1) is 0 Å². The van der Waals surface area contributed by atoms with Gasteiger partial charge >= 0.3 is 0 Å². The zero-order valence-electron chi connectivity index (χ0n) is 9.47. The minimum atomic E-state index is -3.51. The third kappa shape index (κ3) is 2.72. The summed E-state index contributed by atoms with van der Waals surface area (Å²) in [5.74, 6) is 7.06. The van der Waals surface area contributed by atoms with Crippen LogP contribution in [0.4, 0.5) is 5.82 Å². The molecule has 2 heterocycles. The quantitative estimate of drug-likeness (QED) is 0.633. The summed E-state index contributed by atoms with van der Waals surface area (Å²) in [6.45, 7) is 1.03. The summed E-state index contributed by atoms with van der Waals surface area (Å²) >= 11 is 7.63. The number of nitrogen functional groups attached to an aromatic ring is 1. The molecule has 1 fully saturated rings. The lowest BCUT2D eigenvalue weighted by Gasteiger charge is -2.25. The van der Waals surface area contributed by atoms with E-state index in [9.17, 15) is 8.42 Å². The predicted molar refractivity (Wildman–Crippen MR) is 73.1 cm³/mol. The van der Waals surface area contributed by atoms with Gasteiger partial charge < -0.3 is 5.43 Å². The van der Waals surface area contributed by atoms with E-state index in [4.69, 9.17) is 17.4 Å². The lowest BCUT2D eigenvalue weighted by molar-refractivity contribution is 0.443. The van der Waals surface area contributed by atoms with Gasteiger partial charge in [0, 0.05) is 30.8 Å². The second-order valence-corrected chi connectivity index (χ2v) is 7.23. The van der Waals surface area contributed by atoms with Crippen LogP contribution in [0, 0.1) is 0 Å². The summed E-state index contributed by atoms with van der Waals surface area (Å²) in [6, 6.07) is 1.36. The van der Waals surface area contributed by atoms with Crippen molar-refractivity contribution in [2.24, 2.45) is 5.84 Å². The van der Waals surface area contributed by atoms with Crippen LogP contribution in [-0.2, 0) is 10.0 Å². The van der Waals surface area contributed by atoms with Gasteiger partial charge in [-0.25, -0.2) is 19.2 Å². The van der Waals surface area contributed by atoms with Crippen molar-refractivity contribution in [2.75, 3.05) is 30.0 Å². The smallest absolute Gasteiger partial charge is 0.244 e. The number of hydrogen-bond acceptors (Lipinski definition) is 6. The highest BCUT2D eigenvalue weighted by Gasteiger charge is 2.27. The molecule has 0 amide bonds. The summed E-state index contributed by atoms with van der Waals surface area (Å²) < 4.78 is 26.1. The van der Waals surface area contributed by atoms with Gasteiger partial charge in [0.25, 0.3) is 0 Å². The van der Waals surface area contributed by atoms with Crippen LogP contribution < -0.4 is 11.3 Å². The monoisotopic (exact) mass is 308 g/mol. The number of nitrogens with zero attached hydrogens (tertiary/aromatic N) is 2. The summed E-state index contributed by atoms with van der Waals surface area (Å²) in [6.07, 6.45) is 1.26. The molecule has 18 heavy (non-hydrogen) atoms. The number of rotatable bonds is 3. The number of hydrazine groups is 1. The van der Waals surface area contributed by atoms with Crippen LogP contribution in [0.5, 0.6) is 0 Å². The number of nitrogens with two attached hydrogens (primary N) is 1. The third-order valence-electron chi connectivity index (χ3n) is 2.56. The Morgan fingerprint density at radius 2 is 2.11 bits per heavy atom. The van der Waals surface area contributed by atoms with Crippen molar-refractivity contribution in [3.05, 3.63) is 17.3 Å². The van der Waals surface area contributed by atoms with Gasteiger partial charge in [0.1, 0.15) is 4.90 Å². The number of aromatic nitrogens is 1. The average molecular weight is 309 g/mol. The Balaban J connectivity index is 2.32. The van der Waals surface area contributed by atoms with E-state index >= 15 is 0 Å². The fourth-order valence-corrected chi connectivity index (χ4v) is 4.44. The summed E-state index contributed by atoms with van der Waals surface area (Å²) in [4.78, 5) is 3.97. The van der Waals surface area contributed by atoms with Gasteiger partial charge in [0.2, 0.25) is 10.0 Å². The Bertz CT molecular complexity index is 531. The maximum Gasteiger partial charge on any atom is 0.244 e. The molecule has 1 saturated heterocycles. The van der Waals surface area contributed by atoms with Gasteiger partial charge in [-0.05, 0) is 6.07 Å². The van der Waals surface area contributed by atoms with E-state index in [0.717, 1.165) is 11.5 Å². The Kier molecular flexibility index (Phi) is 4.33. The molecule has 0 aliphatic carbocycles. The zero-order chi connectivity index (χ0) is 13.2. The van der Waals surface area contributed by atoms with Crippen LogP contribution in [0.25, 0.3) is 0 Å². The van der Waals surface area contributed by atoms with Crippen LogP contribution in [-0.4, -0.2) is 42.3 Å². The molecule has 0 radical (unpaired) electrons. The lowest BCUT2D eigenvalue weighted by Crippen LogP contribution is -2.37. The van der Waals surface area contributed by atoms with Crippen molar-refractivity contribution in [1.82, 2.24) is 9.29 Å². The predicted octanol–water partition coefficient (Wildman–Crippen LogP) is 0.758. The third-order valence-corrected chi connectivity index (χ3v) is 5.66. The Hall–Kier alpha value is -0.540. The maximum absolute atomic E-state index is 12.3. The molecule has 2 rings (SSSR count). The number of anilines is 1. The standard InChI is InChI=1S/C9H13ClN4O2S2/c10-8-5-7(6-12-9(8)13-11)18(15,16)14-1-3-17-4-2-14/h5-6H,1-4,11H2,(H,12,13). The molecule has 0 atom stereocenters. The average Bonchev–Trinajstić information content (AvgIpc) is 2.39. The van der Waals surface area contributed by atoms with Crippen LogP contribution in [0.15, 0.2) is 17.2 Å². The van der Waals surface area contributed by atoms with Crippen molar-refractivity contribution >= 4 is 39.2 Å². The van der Waals surface area contributed by atoms with Crippen LogP contribution >= 0.6 is 23.4 Å². The first-order chi connectivity index (χ1) is 8.55. The zero-order valence-corrected chi connectivity index (χ0v) is 11.9. The first-order valence-corrected chi connectivity index (χ1v) is 8.23. The molecular weight excluding hydrogens is 296 g/mol. The molecule has 1 aliphatic heterocycles. The molecule has 1 aromatic rings. The number of halogens is 1. The van der Waals surface area contributed by atoms with Crippen LogP contribution in [0.3, 0.4) is 0 Å². The number of thioether (sulfide) groups is 1. The largest absolute Gasteiger partial charge is 0.307 e. The molecule has 1 aliphatic rings. The Morgan fingerprint density at radius 3 is 2.67 bits per heavy atom. The Labute approximate surface area is 115 Å². The second kappa shape index (κ2) is 5.62. The molecule has 6 nitrogen and oxygen atoms in total. The summed E-state index contributed by atoms with van der Waals surface area (Å²) in [7, 11) is -3.51. The van der Waals surface area contributed by atoms with Crippen molar-refractivity contribution < 1.29 is 8.42 Å². The van der Waals surface area contributed by atoms with E-state index in [1.807, 2.05) is 0 Å². The summed E-state index contributed by atoms with van der Waals surface area (Å²) in [5, 5.41) is 0.185. The van der Waals surface area contributed by atoms with Crippen LogP contribution in [0.1, 0.15) is 0 Å². The van der Waals surface area contributed by atoms with E-state index in [2.05, 4.69) is 10.4 Å². The van der Waals surface area contributed by atoms with Gasteiger partial charge in [-0.1, -0.05) is 11.6 Å². The molecule has 0 unspecified atom stereocenters. The molecule has 0 saturated carbocycles. The molecule has 100 valence electrons. The first-order valence-electron chi connectivity index (χ1n) is 5.26. The number of sulfonamides is 1. The van der Waals surface area contributed by atoms with Crippen molar-refractivity contribution in [3.63, 3.8) is 0 Å². The molecule has 9 heteroatoms. The van der Waals surface area contributed by atoms with Crippen molar-refractivity contribution in [1.29, 1.82) is 0 Å². The highest BCUT2D eigenvalue weighted by Crippen LogP contribution is 2.25. The fraction of sp³-hybridized carbons (Fsp3) is 0.444. The topological polar surface area (TPSA) is 88.3 Å². The maximum atomic E-state index is 12.3. The van der Waals surface area contributed by atoms with E-state index < -0.39 is 10.0 Å². The number of nitrogens with one attached hydrogen (secondary N) is 1. The highest BCUT2D eigenvalue weighted by atomic mass is 35.5.